The summed E-state index contributed by atoms with van der Waals surface area (Å²) in [6, 6.07) is 29.3. The Morgan fingerprint density at radius 1 is 0.759 bits per heavy atom. The molecule has 3 aromatic rings. The van der Waals surface area contributed by atoms with Crippen LogP contribution in [0.15, 0.2) is 78.9 Å². The Morgan fingerprint density at radius 3 is 1.79 bits per heavy atom. The first kappa shape index (κ1) is 21.5. The maximum absolute atomic E-state index is 9.75. The summed E-state index contributed by atoms with van der Waals surface area (Å²) in [4.78, 5) is 0. The Kier molecular flexibility index (Phi) is 7.10. The Labute approximate surface area is 169 Å². The van der Waals surface area contributed by atoms with E-state index in [1.54, 1.807) is 0 Å². The summed E-state index contributed by atoms with van der Waals surface area (Å²) < 4.78 is 39.0. The van der Waals surface area contributed by atoms with E-state index in [1.807, 2.05) is 0 Å². The van der Waals surface area contributed by atoms with Crippen molar-refractivity contribution in [2.24, 2.45) is 0 Å². The molecule has 7 heteroatoms. The quantitative estimate of drug-likeness (QED) is 0.371. The minimum Gasteiger partial charge on any atom is -0.418 e. The van der Waals surface area contributed by atoms with Gasteiger partial charge in [0.15, 0.2) is 0 Å². The van der Waals surface area contributed by atoms with E-state index in [9.17, 15) is 17.3 Å². The lowest BCUT2D eigenvalue weighted by Crippen LogP contribution is -2.56. The maximum atomic E-state index is 9.75. The summed E-state index contributed by atoms with van der Waals surface area (Å²) in [6.45, 7) is 0. The second-order valence-corrected chi connectivity index (χ2v) is 9.13. The normalized spacial score (nSPS) is 16.0. The number of hydrogen-bond acceptors (Lipinski definition) is 0. The van der Waals surface area contributed by atoms with E-state index in [-0.39, 0.29) is 0 Å². The molecule has 3 aromatic carbocycles. The predicted molar refractivity (Wildman–Crippen MR) is 114 cm³/mol. The molecule has 3 N–H and O–H groups in total. The van der Waals surface area contributed by atoms with Gasteiger partial charge in [-0.15, -0.1) is 0 Å². The summed E-state index contributed by atoms with van der Waals surface area (Å²) in [7, 11) is -6.53. The molecule has 0 fully saturated rings. The summed E-state index contributed by atoms with van der Waals surface area (Å²) >= 11 is 0. The van der Waals surface area contributed by atoms with E-state index in [2.05, 4.69) is 84.6 Å². The van der Waals surface area contributed by atoms with E-state index >= 15 is 0 Å². The highest BCUT2D eigenvalue weighted by Crippen LogP contribution is 2.38. The lowest BCUT2D eigenvalue weighted by molar-refractivity contribution is -0.429. The highest BCUT2D eigenvalue weighted by molar-refractivity contribution is 7.79. The van der Waals surface area contributed by atoms with E-state index in [4.69, 9.17) is 0 Å². The van der Waals surface area contributed by atoms with Crippen LogP contribution in [0, 0.1) is 0 Å². The first-order chi connectivity index (χ1) is 13.8. The van der Waals surface area contributed by atoms with Crippen LogP contribution in [0.2, 0.25) is 0 Å². The van der Waals surface area contributed by atoms with Gasteiger partial charge in [0.05, 0.1) is 0 Å². The zero-order valence-corrected chi connectivity index (χ0v) is 16.8. The molecule has 0 aromatic heterocycles. The summed E-state index contributed by atoms with van der Waals surface area (Å²) in [6.07, 6.45) is 3.66. The van der Waals surface area contributed by atoms with Gasteiger partial charge in [0.1, 0.15) is 6.04 Å². The van der Waals surface area contributed by atoms with Crippen LogP contribution in [-0.2, 0) is 6.42 Å². The van der Waals surface area contributed by atoms with Gasteiger partial charge in [-0.05, 0) is 42.2 Å². The average Bonchev–Trinajstić information content (AvgIpc) is 2.69. The fourth-order valence-corrected chi connectivity index (χ4v) is 6.35. The summed E-state index contributed by atoms with van der Waals surface area (Å²) in [5, 5.41) is 4.34. The Morgan fingerprint density at radius 2 is 1.28 bits per heavy atom. The molecular formula is C22H23BF4NP. The van der Waals surface area contributed by atoms with Crippen molar-refractivity contribution in [1.29, 1.82) is 0 Å². The molecule has 4 rings (SSSR count). The van der Waals surface area contributed by atoms with Gasteiger partial charge < -0.3 is 23.0 Å². The minimum absolute atomic E-state index is 0.419. The highest BCUT2D eigenvalue weighted by Gasteiger charge is 2.27. The zero-order chi connectivity index (χ0) is 20.9. The molecule has 0 saturated heterocycles. The van der Waals surface area contributed by atoms with Crippen molar-refractivity contribution in [1.82, 2.24) is 0 Å². The molecule has 0 spiro atoms. The predicted octanol–water partition coefficient (Wildman–Crippen LogP) is 4.36. The second-order valence-electron chi connectivity index (χ2n) is 6.94. The van der Waals surface area contributed by atoms with Crippen LogP contribution >= 0.6 is 7.92 Å². The molecule has 0 aliphatic heterocycles. The summed E-state index contributed by atoms with van der Waals surface area (Å²) in [5.41, 5.74) is 7.51. The van der Waals surface area contributed by atoms with E-state index in [0.29, 0.717) is 6.04 Å². The van der Waals surface area contributed by atoms with Crippen LogP contribution in [0.4, 0.5) is 17.3 Å². The lowest BCUT2D eigenvalue weighted by Gasteiger charge is -2.28. The van der Waals surface area contributed by atoms with E-state index in [1.165, 1.54) is 46.3 Å². The van der Waals surface area contributed by atoms with Crippen molar-refractivity contribution < 1.29 is 23.0 Å². The van der Waals surface area contributed by atoms with Gasteiger partial charge in [0.25, 0.3) is 0 Å². The van der Waals surface area contributed by atoms with Gasteiger partial charge in [0.2, 0.25) is 0 Å². The largest absolute Gasteiger partial charge is 0.673 e. The van der Waals surface area contributed by atoms with Crippen LogP contribution in [0.25, 0.3) is 0 Å². The SMILES string of the molecule is F[B-](F)(F)F.[NH3+][C@H]1CCCc2cccc(P(c3ccccc3)c3ccccc3)c21. The first-order valence-corrected chi connectivity index (χ1v) is 10.9. The molecule has 1 aliphatic carbocycles. The van der Waals surface area contributed by atoms with Crippen molar-refractivity contribution in [2.45, 2.75) is 25.3 Å². The number of benzene rings is 3. The monoisotopic (exact) mass is 419 g/mol. The van der Waals surface area contributed by atoms with Gasteiger partial charge in [0, 0.05) is 12.0 Å². The molecule has 0 heterocycles. The topological polar surface area (TPSA) is 27.6 Å². The van der Waals surface area contributed by atoms with Gasteiger partial charge in [-0.25, -0.2) is 0 Å². The zero-order valence-electron chi connectivity index (χ0n) is 15.9. The number of aryl methyl sites for hydroxylation is 1. The van der Waals surface area contributed by atoms with Crippen LogP contribution in [0.5, 0.6) is 0 Å². The fraction of sp³-hybridized carbons (Fsp3) is 0.182. The van der Waals surface area contributed by atoms with Gasteiger partial charge in [-0.2, -0.15) is 0 Å². The minimum atomic E-state index is -6.00. The molecule has 1 aliphatic rings. The Hall–Kier alpha value is -2.17. The standard InChI is InChI=1S/C22H22NP.BF4/c23-20-15-7-9-17-10-8-16-21(22(17)20)24(18-11-3-1-4-12-18)19-13-5-2-6-14-19;2-1(3,4)5/h1-6,8,10-14,16,20H,7,9,15,23H2;/q;-1/p+1/t20-;/m0./s1. The number of quaternary nitrogens is 1. The van der Waals surface area contributed by atoms with Crippen LogP contribution < -0.4 is 21.6 Å². The van der Waals surface area contributed by atoms with Crippen LogP contribution in [-0.4, -0.2) is 7.25 Å². The number of halogens is 4. The second kappa shape index (κ2) is 9.56. The van der Waals surface area contributed by atoms with Crippen molar-refractivity contribution >= 4 is 31.1 Å². The molecule has 0 radical (unpaired) electrons. The maximum Gasteiger partial charge on any atom is 0.673 e. The Balaban J connectivity index is 0.000000431. The van der Waals surface area contributed by atoms with Crippen LogP contribution in [0.1, 0.15) is 30.0 Å². The van der Waals surface area contributed by atoms with Crippen molar-refractivity contribution in [3.63, 3.8) is 0 Å². The smallest absolute Gasteiger partial charge is 0.418 e. The molecule has 29 heavy (non-hydrogen) atoms. The summed E-state index contributed by atoms with van der Waals surface area (Å²) in [5.74, 6) is 0. The third-order valence-electron chi connectivity index (χ3n) is 4.85. The average molecular weight is 419 g/mol. The van der Waals surface area contributed by atoms with E-state index in [0.717, 1.165) is 0 Å². The molecule has 1 atom stereocenters. The molecule has 0 bridgehead atoms. The third kappa shape index (κ3) is 5.91. The van der Waals surface area contributed by atoms with Crippen molar-refractivity contribution in [2.75, 3.05) is 0 Å². The molecule has 1 nitrogen and oxygen atoms in total. The van der Waals surface area contributed by atoms with Gasteiger partial charge in [-0.3, -0.25) is 0 Å². The molecule has 0 amide bonds. The van der Waals surface area contributed by atoms with E-state index < -0.39 is 15.2 Å². The molecular weight excluding hydrogens is 396 g/mol. The number of fused-ring (bicyclic) bond motifs is 1. The molecule has 152 valence electrons. The van der Waals surface area contributed by atoms with Crippen molar-refractivity contribution in [3.8, 4) is 0 Å². The lowest BCUT2D eigenvalue weighted by atomic mass is 9.88. The van der Waals surface area contributed by atoms with Gasteiger partial charge in [-0.1, -0.05) is 78.9 Å². The third-order valence-corrected chi connectivity index (χ3v) is 7.35. The first-order valence-electron chi connectivity index (χ1n) is 9.57. The molecule has 0 unspecified atom stereocenters. The molecule has 0 saturated carbocycles. The number of hydrogen-bond donors (Lipinski definition) is 1. The fourth-order valence-electron chi connectivity index (χ4n) is 3.75. The van der Waals surface area contributed by atoms with Gasteiger partial charge >= 0.3 is 7.25 Å². The van der Waals surface area contributed by atoms with Crippen LogP contribution in [0.3, 0.4) is 0 Å². The Bertz CT molecular complexity index is 874. The number of rotatable bonds is 3. The highest BCUT2D eigenvalue weighted by atomic mass is 31.1. The van der Waals surface area contributed by atoms with Crippen molar-refractivity contribution in [3.05, 3.63) is 90.0 Å².